The van der Waals surface area contributed by atoms with Gasteiger partial charge in [-0.2, -0.15) is 0 Å². The Balaban J connectivity index is 2.89. The molecule has 0 bridgehead atoms. The van der Waals surface area contributed by atoms with Gasteiger partial charge in [0.2, 0.25) is 0 Å². The molecule has 1 rings (SSSR count). The summed E-state index contributed by atoms with van der Waals surface area (Å²) in [4.78, 5) is 13.5. The van der Waals surface area contributed by atoms with Gasteiger partial charge in [-0.25, -0.2) is 0 Å². The van der Waals surface area contributed by atoms with Crippen LogP contribution < -0.4 is 0 Å². The molecule has 15 heavy (non-hydrogen) atoms. The normalized spacial score (nSPS) is 10.3. The minimum Gasteiger partial charge on any atom is -0.358 e. The van der Waals surface area contributed by atoms with E-state index in [-0.39, 0.29) is 5.82 Å². The van der Waals surface area contributed by atoms with Gasteiger partial charge in [0, 0.05) is 6.07 Å². The highest BCUT2D eigenvalue weighted by Gasteiger charge is 2.08. The predicted octanol–water partition coefficient (Wildman–Crippen LogP) is 2.22. The van der Waals surface area contributed by atoms with E-state index in [4.69, 9.17) is 0 Å². The van der Waals surface area contributed by atoms with Crippen molar-refractivity contribution in [2.75, 3.05) is 0 Å². The van der Waals surface area contributed by atoms with Gasteiger partial charge < -0.3 is 10.1 Å². The maximum atomic E-state index is 10.3. The highest BCUT2D eigenvalue weighted by Crippen LogP contribution is 2.06. The average molecular weight is 220 g/mol. The Hall–Kier alpha value is -1.67. The van der Waals surface area contributed by atoms with E-state index in [9.17, 15) is 10.1 Å². The Labute approximate surface area is 89.5 Å². The molecule has 0 aromatic carbocycles. The van der Waals surface area contributed by atoms with E-state index in [1.807, 2.05) is 0 Å². The quantitative estimate of drug-likeness (QED) is 0.315. The van der Waals surface area contributed by atoms with Gasteiger partial charge in [-0.3, -0.25) is 0 Å². The molecular weight excluding hydrogens is 208 g/mol. The largest absolute Gasteiger partial charge is 0.363 e. The fourth-order valence-corrected chi connectivity index (χ4v) is 1.35. The Morgan fingerprint density at radius 3 is 2.47 bits per heavy atom. The van der Waals surface area contributed by atoms with Crippen molar-refractivity contribution < 1.29 is 4.92 Å². The predicted molar refractivity (Wildman–Crippen MR) is 61.1 cm³/mol. The topological polar surface area (TPSA) is 56.0 Å². The lowest BCUT2D eigenvalue weighted by atomic mass is 10.3. The summed E-state index contributed by atoms with van der Waals surface area (Å²) in [5.41, 5.74) is 3.89. The van der Waals surface area contributed by atoms with Crippen molar-refractivity contribution in [3.05, 3.63) is 34.0 Å². The van der Waals surface area contributed by atoms with Gasteiger partial charge in [0.25, 0.3) is 0 Å². The summed E-state index contributed by atoms with van der Waals surface area (Å²) in [6, 6.07) is 2.99. The van der Waals surface area contributed by atoms with Crippen LogP contribution in [0.4, 0.5) is 5.82 Å². The molecule has 5 heteroatoms. The van der Waals surface area contributed by atoms with E-state index in [1.165, 1.54) is 12.3 Å². The number of hydrogen-bond donors (Lipinski definition) is 0. The Kier molecular flexibility index (Phi) is 3.22. The van der Waals surface area contributed by atoms with Crippen molar-refractivity contribution >= 4 is 13.9 Å². The molecule has 1 aromatic heterocycles. The second-order valence-electron chi connectivity index (χ2n) is 4.16. The highest BCUT2D eigenvalue weighted by molar-refractivity contribution is 6.83. The summed E-state index contributed by atoms with van der Waals surface area (Å²) in [7, 11) is -1.40. The first-order chi connectivity index (χ1) is 6.88. The summed E-state index contributed by atoms with van der Waals surface area (Å²) < 4.78 is 0. The average Bonchev–Trinajstić information content (AvgIpc) is 2.14. The lowest BCUT2D eigenvalue weighted by Crippen LogP contribution is -2.16. The number of pyridine rings is 1. The maximum Gasteiger partial charge on any atom is 0.363 e. The van der Waals surface area contributed by atoms with Crippen LogP contribution in [-0.2, 0) is 0 Å². The first-order valence-electron chi connectivity index (χ1n) is 4.52. The smallest absolute Gasteiger partial charge is 0.358 e. The van der Waals surface area contributed by atoms with Crippen LogP contribution in [0, 0.1) is 21.6 Å². The lowest BCUT2D eigenvalue weighted by Gasteiger charge is -2.02. The van der Waals surface area contributed by atoms with Gasteiger partial charge in [0.05, 0.1) is 5.56 Å². The fraction of sp³-hybridized carbons (Fsp3) is 0.300. The summed E-state index contributed by atoms with van der Waals surface area (Å²) in [5, 5.41) is 10.3. The van der Waals surface area contributed by atoms with Crippen LogP contribution in [0.2, 0.25) is 19.6 Å². The maximum absolute atomic E-state index is 10.3. The van der Waals surface area contributed by atoms with Crippen LogP contribution in [0.15, 0.2) is 18.3 Å². The van der Waals surface area contributed by atoms with E-state index in [0.29, 0.717) is 0 Å². The second kappa shape index (κ2) is 4.23. The van der Waals surface area contributed by atoms with Crippen molar-refractivity contribution in [1.82, 2.24) is 4.98 Å². The lowest BCUT2D eigenvalue weighted by molar-refractivity contribution is -0.389. The molecule has 0 unspecified atom stereocenters. The van der Waals surface area contributed by atoms with E-state index in [1.54, 1.807) is 6.07 Å². The molecule has 1 heterocycles. The third-order valence-corrected chi connectivity index (χ3v) is 2.39. The first kappa shape index (κ1) is 11.4. The van der Waals surface area contributed by atoms with E-state index in [2.05, 4.69) is 36.1 Å². The molecule has 0 spiro atoms. The number of aromatic nitrogens is 1. The molecule has 0 aliphatic carbocycles. The SMILES string of the molecule is C[Si](C)(C)C#Cc1ccc([N+](=O)[O-])nc1. The molecule has 0 amide bonds. The third kappa shape index (κ3) is 3.91. The highest BCUT2D eigenvalue weighted by atomic mass is 28.3. The monoisotopic (exact) mass is 220 g/mol. The molecule has 0 atom stereocenters. The molecule has 0 fully saturated rings. The second-order valence-corrected chi connectivity index (χ2v) is 8.91. The molecule has 0 saturated carbocycles. The molecule has 78 valence electrons. The van der Waals surface area contributed by atoms with Gasteiger partial charge in [-0.1, -0.05) is 25.6 Å². The molecule has 1 aromatic rings. The van der Waals surface area contributed by atoms with Gasteiger partial charge >= 0.3 is 5.82 Å². The molecule has 0 N–H and O–H groups in total. The number of nitro groups is 1. The van der Waals surface area contributed by atoms with Crippen LogP contribution in [0.5, 0.6) is 0 Å². The summed E-state index contributed by atoms with van der Waals surface area (Å²) in [5.74, 6) is 2.83. The fourth-order valence-electron chi connectivity index (χ4n) is 0.828. The van der Waals surface area contributed by atoms with Gasteiger partial charge in [-0.05, 0) is 16.0 Å². The van der Waals surface area contributed by atoms with Crippen LogP contribution >= 0.6 is 0 Å². The number of nitrogens with zero attached hydrogens (tertiary/aromatic N) is 2. The molecule has 0 aliphatic heterocycles. The van der Waals surface area contributed by atoms with Crippen LogP contribution in [0.25, 0.3) is 0 Å². The van der Waals surface area contributed by atoms with E-state index < -0.39 is 13.0 Å². The van der Waals surface area contributed by atoms with Crippen molar-refractivity contribution in [1.29, 1.82) is 0 Å². The minimum atomic E-state index is -1.40. The molecule has 4 nitrogen and oxygen atoms in total. The Bertz CT molecular complexity index is 423. The van der Waals surface area contributed by atoms with Gasteiger partial charge in [0.15, 0.2) is 6.20 Å². The Morgan fingerprint density at radius 2 is 2.07 bits per heavy atom. The Morgan fingerprint density at radius 1 is 1.40 bits per heavy atom. The zero-order valence-electron chi connectivity index (χ0n) is 8.94. The summed E-state index contributed by atoms with van der Waals surface area (Å²) in [6.45, 7) is 6.41. The molecular formula is C10H12N2O2Si. The molecule has 0 saturated heterocycles. The number of hydrogen-bond acceptors (Lipinski definition) is 3. The van der Waals surface area contributed by atoms with Crippen LogP contribution in [0.1, 0.15) is 5.56 Å². The first-order valence-corrected chi connectivity index (χ1v) is 8.02. The van der Waals surface area contributed by atoms with Crippen LogP contribution in [-0.4, -0.2) is 18.0 Å². The summed E-state index contributed by atoms with van der Waals surface area (Å²) >= 11 is 0. The molecule has 0 aliphatic rings. The van der Waals surface area contributed by atoms with E-state index in [0.717, 1.165) is 5.56 Å². The molecule has 0 radical (unpaired) electrons. The van der Waals surface area contributed by atoms with Crippen molar-refractivity contribution in [3.8, 4) is 11.5 Å². The number of rotatable bonds is 1. The van der Waals surface area contributed by atoms with E-state index >= 15 is 0 Å². The van der Waals surface area contributed by atoms with Gasteiger partial charge in [-0.15, -0.1) is 5.54 Å². The van der Waals surface area contributed by atoms with Crippen LogP contribution in [0.3, 0.4) is 0 Å². The van der Waals surface area contributed by atoms with Crippen molar-refractivity contribution in [3.63, 3.8) is 0 Å². The van der Waals surface area contributed by atoms with Crippen molar-refractivity contribution in [2.24, 2.45) is 0 Å². The minimum absolute atomic E-state index is 0.145. The van der Waals surface area contributed by atoms with Gasteiger partial charge in [0.1, 0.15) is 8.07 Å². The zero-order chi connectivity index (χ0) is 11.5. The zero-order valence-corrected chi connectivity index (χ0v) is 9.94. The standard InChI is InChI=1S/C10H12N2O2Si/c1-15(2,3)7-6-9-4-5-10(11-8-9)12(13)14/h4-5,8H,1-3H3. The van der Waals surface area contributed by atoms with Crippen molar-refractivity contribution in [2.45, 2.75) is 19.6 Å². The third-order valence-electron chi connectivity index (χ3n) is 1.52. The summed E-state index contributed by atoms with van der Waals surface area (Å²) in [6.07, 6.45) is 1.44.